The molecule has 1 N–H and O–H groups in total. The van der Waals surface area contributed by atoms with E-state index in [-0.39, 0.29) is 40.6 Å². The van der Waals surface area contributed by atoms with Crippen LogP contribution < -0.4 is 19.8 Å². The molecular weight excluding hydrogens is 420 g/mol. The summed E-state index contributed by atoms with van der Waals surface area (Å²) in [5.74, 6) is -2.19. The van der Waals surface area contributed by atoms with Gasteiger partial charge in [0.2, 0.25) is 5.75 Å². The van der Waals surface area contributed by atoms with Crippen LogP contribution in [-0.4, -0.2) is 38.4 Å². The SMILES string of the molecule is COC(=O)C[C@@H](c1cc(OC)c(OC(C)=O)c(OC)c1)c1c(O)c2ccccc2oc1=O. The van der Waals surface area contributed by atoms with Crippen molar-refractivity contribution in [2.45, 2.75) is 19.3 Å². The molecule has 2 aromatic carbocycles. The lowest BCUT2D eigenvalue weighted by Crippen LogP contribution is -2.18. The first-order valence-electron chi connectivity index (χ1n) is 9.56. The molecule has 0 aliphatic rings. The van der Waals surface area contributed by atoms with Gasteiger partial charge in [0.15, 0.2) is 11.5 Å². The maximum absolute atomic E-state index is 12.8. The Bertz CT molecular complexity index is 1200. The summed E-state index contributed by atoms with van der Waals surface area (Å²) in [5, 5.41) is 11.2. The molecule has 0 spiro atoms. The van der Waals surface area contributed by atoms with E-state index in [1.807, 2.05) is 0 Å². The minimum Gasteiger partial charge on any atom is -0.507 e. The van der Waals surface area contributed by atoms with Gasteiger partial charge in [0.05, 0.1) is 38.7 Å². The average molecular weight is 442 g/mol. The summed E-state index contributed by atoms with van der Waals surface area (Å²) in [6.45, 7) is 1.23. The highest BCUT2D eigenvalue weighted by atomic mass is 16.6. The lowest BCUT2D eigenvalue weighted by molar-refractivity contribution is -0.140. The Labute approximate surface area is 183 Å². The van der Waals surface area contributed by atoms with Crippen LogP contribution in [0.5, 0.6) is 23.0 Å². The maximum Gasteiger partial charge on any atom is 0.343 e. The fourth-order valence-corrected chi connectivity index (χ4v) is 3.44. The van der Waals surface area contributed by atoms with Crippen LogP contribution in [0.15, 0.2) is 45.6 Å². The van der Waals surface area contributed by atoms with Crippen LogP contribution in [-0.2, 0) is 14.3 Å². The molecule has 0 aliphatic carbocycles. The summed E-state index contributed by atoms with van der Waals surface area (Å²) in [6, 6.07) is 9.47. The Balaban J connectivity index is 2.28. The van der Waals surface area contributed by atoms with Gasteiger partial charge in [-0.2, -0.15) is 0 Å². The predicted molar refractivity (Wildman–Crippen MR) is 113 cm³/mol. The normalized spacial score (nSPS) is 11.6. The topological polar surface area (TPSA) is 122 Å². The second-order valence-electron chi connectivity index (χ2n) is 6.83. The zero-order valence-electron chi connectivity index (χ0n) is 18.0. The third-order valence-corrected chi connectivity index (χ3v) is 4.90. The van der Waals surface area contributed by atoms with Gasteiger partial charge >= 0.3 is 17.6 Å². The molecule has 0 unspecified atom stereocenters. The van der Waals surface area contributed by atoms with E-state index in [0.717, 1.165) is 0 Å². The van der Waals surface area contributed by atoms with Gasteiger partial charge in [0.25, 0.3) is 0 Å². The average Bonchev–Trinajstić information content (AvgIpc) is 2.77. The summed E-state index contributed by atoms with van der Waals surface area (Å²) in [6.07, 6.45) is -0.285. The quantitative estimate of drug-likeness (QED) is 0.334. The van der Waals surface area contributed by atoms with Crippen LogP contribution in [0.25, 0.3) is 11.0 Å². The molecule has 1 aromatic heterocycles. The molecule has 0 saturated heterocycles. The van der Waals surface area contributed by atoms with Crippen molar-refractivity contribution in [2.24, 2.45) is 0 Å². The molecule has 0 fully saturated rings. The molecule has 3 aromatic rings. The van der Waals surface area contributed by atoms with Gasteiger partial charge in [-0.25, -0.2) is 4.79 Å². The highest BCUT2D eigenvalue weighted by molar-refractivity contribution is 5.85. The van der Waals surface area contributed by atoms with Crippen molar-refractivity contribution in [3.63, 3.8) is 0 Å². The summed E-state index contributed by atoms with van der Waals surface area (Å²) in [4.78, 5) is 36.6. The number of ether oxygens (including phenoxy) is 4. The second kappa shape index (κ2) is 9.42. The van der Waals surface area contributed by atoms with E-state index >= 15 is 0 Å². The minimum atomic E-state index is -0.975. The van der Waals surface area contributed by atoms with Gasteiger partial charge in [-0.05, 0) is 29.8 Å². The lowest BCUT2D eigenvalue weighted by Gasteiger charge is -2.20. The fourth-order valence-electron chi connectivity index (χ4n) is 3.44. The molecule has 9 nitrogen and oxygen atoms in total. The zero-order chi connectivity index (χ0) is 23.4. The first-order chi connectivity index (χ1) is 15.3. The lowest BCUT2D eigenvalue weighted by atomic mass is 9.87. The fraction of sp³-hybridized carbons (Fsp3) is 0.261. The molecule has 32 heavy (non-hydrogen) atoms. The van der Waals surface area contributed by atoms with Crippen molar-refractivity contribution in [2.75, 3.05) is 21.3 Å². The van der Waals surface area contributed by atoms with E-state index in [0.29, 0.717) is 10.9 Å². The maximum atomic E-state index is 12.8. The van der Waals surface area contributed by atoms with Crippen LogP contribution in [0.4, 0.5) is 0 Å². The third-order valence-electron chi connectivity index (χ3n) is 4.90. The summed E-state index contributed by atoms with van der Waals surface area (Å²) in [7, 11) is 3.94. The van der Waals surface area contributed by atoms with Crippen molar-refractivity contribution < 1.29 is 38.1 Å². The first kappa shape index (κ1) is 22.7. The van der Waals surface area contributed by atoms with Crippen molar-refractivity contribution >= 4 is 22.9 Å². The van der Waals surface area contributed by atoms with E-state index < -0.39 is 23.5 Å². The summed E-state index contributed by atoms with van der Waals surface area (Å²) < 4.78 is 26.1. The van der Waals surface area contributed by atoms with Crippen LogP contribution in [0.3, 0.4) is 0 Å². The number of hydrogen-bond acceptors (Lipinski definition) is 9. The molecule has 9 heteroatoms. The number of carbonyl (C=O) groups is 2. The number of carbonyl (C=O) groups excluding carboxylic acids is 2. The monoisotopic (exact) mass is 442 g/mol. The molecule has 1 atom stereocenters. The molecule has 1 heterocycles. The zero-order valence-corrected chi connectivity index (χ0v) is 18.0. The van der Waals surface area contributed by atoms with Crippen molar-refractivity contribution in [3.8, 4) is 23.0 Å². The first-order valence-corrected chi connectivity index (χ1v) is 9.56. The Morgan fingerprint density at radius 3 is 2.25 bits per heavy atom. The molecular formula is C23H22O9. The minimum absolute atomic E-state index is 0.0397. The number of esters is 2. The molecule has 0 aliphatic heterocycles. The highest BCUT2D eigenvalue weighted by Gasteiger charge is 2.30. The van der Waals surface area contributed by atoms with Gasteiger partial charge in [-0.1, -0.05) is 12.1 Å². The smallest absolute Gasteiger partial charge is 0.343 e. The molecule has 0 bridgehead atoms. The van der Waals surface area contributed by atoms with Crippen LogP contribution in [0.1, 0.15) is 30.4 Å². The molecule has 0 saturated carbocycles. The number of hydrogen-bond donors (Lipinski definition) is 1. The van der Waals surface area contributed by atoms with Crippen molar-refractivity contribution in [1.29, 1.82) is 0 Å². The third kappa shape index (κ3) is 4.36. The number of benzene rings is 2. The van der Waals surface area contributed by atoms with E-state index in [1.54, 1.807) is 24.3 Å². The van der Waals surface area contributed by atoms with Crippen molar-refractivity contribution in [1.82, 2.24) is 0 Å². The van der Waals surface area contributed by atoms with E-state index in [1.165, 1.54) is 40.4 Å². The highest BCUT2D eigenvalue weighted by Crippen LogP contribution is 2.44. The van der Waals surface area contributed by atoms with Crippen LogP contribution >= 0.6 is 0 Å². The standard InChI is InChI=1S/C23H22O9/c1-12(24)31-22-17(28-2)9-13(10-18(22)29-3)15(11-19(25)30-4)20-21(26)14-7-5-6-8-16(14)32-23(20)27/h5-10,15,26H,11H2,1-4H3/t15-/m0/s1. The molecule has 168 valence electrons. The van der Waals surface area contributed by atoms with E-state index in [2.05, 4.69) is 0 Å². The van der Waals surface area contributed by atoms with Crippen molar-refractivity contribution in [3.05, 3.63) is 57.9 Å². The number of aromatic hydroxyl groups is 1. The Morgan fingerprint density at radius 2 is 1.69 bits per heavy atom. The van der Waals surface area contributed by atoms with E-state index in [9.17, 15) is 19.5 Å². The summed E-state index contributed by atoms with van der Waals surface area (Å²) in [5.41, 5.74) is -0.357. The Hall–Kier alpha value is -4.01. The number of rotatable bonds is 7. The van der Waals surface area contributed by atoms with Gasteiger partial charge in [-0.15, -0.1) is 0 Å². The number of methoxy groups -OCH3 is 3. The van der Waals surface area contributed by atoms with Gasteiger partial charge < -0.3 is 28.5 Å². The Morgan fingerprint density at radius 1 is 1.06 bits per heavy atom. The second-order valence-corrected chi connectivity index (χ2v) is 6.83. The largest absolute Gasteiger partial charge is 0.507 e. The number of fused-ring (bicyclic) bond motifs is 1. The Kier molecular flexibility index (Phi) is 6.67. The van der Waals surface area contributed by atoms with Gasteiger partial charge in [-0.3, -0.25) is 9.59 Å². The van der Waals surface area contributed by atoms with Gasteiger partial charge in [0, 0.05) is 12.8 Å². The summed E-state index contributed by atoms with van der Waals surface area (Å²) >= 11 is 0. The van der Waals surface area contributed by atoms with Gasteiger partial charge in [0.1, 0.15) is 11.3 Å². The molecule has 3 rings (SSSR count). The predicted octanol–water partition coefficient (Wildman–Crippen LogP) is 3.14. The van der Waals surface area contributed by atoms with E-state index in [4.69, 9.17) is 23.4 Å². The number of para-hydroxylation sites is 1. The van der Waals surface area contributed by atoms with Crippen LogP contribution in [0.2, 0.25) is 0 Å². The molecule has 0 amide bonds. The molecule has 0 radical (unpaired) electrons. The van der Waals surface area contributed by atoms with Crippen LogP contribution in [0, 0.1) is 0 Å².